The monoisotopic (exact) mass is 1540 g/mol. The topological polar surface area (TPSA) is 289 Å². The van der Waals surface area contributed by atoms with E-state index in [-0.39, 0.29) is 102 Å². The van der Waals surface area contributed by atoms with E-state index in [4.69, 9.17) is 9.47 Å². The Morgan fingerprint density at radius 2 is 1.23 bits per heavy atom. The lowest BCUT2D eigenvalue weighted by Gasteiger charge is -2.47. The molecule has 12 amide bonds. The van der Waals surface area contributed by atoms with Crippen LogP contribution in [0.3, 0.4) is 0 Å². The SMILES string of the molecule is CCO[C@@H]1C[C@H]2C(=O)NC3(CCC3)C(=O)N(C)[C@@H](C3CCCC3)C(=O)N(C)[C@H](C(=O)N3CCCCC3)CC(=O)N(C)[C@H]3CCCCCCC4CCC(CC4)C[C@@H](C(=O)N(C)CC(=O)N[C@@H](CCC4CCC(C(F)(F)F)C(OC)C4)C(=O)N2C1)N1CC/C=C\C[C@@H](C1=O)N(C)C(=O)CN(C)C(=O)[C@H]([C@@H](C)CC)NC3=O. The van der Waals surface area contributed by atoms with E-state index in [0.717, 1.165) is 64.2 Å². The number of methoxy groups -OCH3 is 1. The minimum Gasteiger partial charge on any atom is -0.381 e. The van der Waals surface area contributed by atoms with Gasteiger partial charge in [-0.05, 0) is 146 Å². The number of ether oxygens (including phenoxy) is 2. The summed E-state index contributed by atoms with van der Waals surface area (Å²) in [6, 6.07) is -9.89. The molecular formula is C80H127F3N12O14. The van der Waals surface area contributed by atoms with Crippen molar-refractivity contribution < 1.29 is 80.2 Å². The van der Waals surface area contributed by atoms with Gasteiger partial charge in [0.05, 0.1) is 37.6 Å². The highest BCUT2D eigenvalue weighted by Crippen LogP contribution is 2.44. The van der Waals surface area contributed by atoms with Gasteiger partial charge in [-0.25, -0.2) is 0 Å². The van der Waals surface area contributed by atoms with Crippen LogP contribution in [0.5, 0.6) is 0 Å². The first kappa shape index (κ1) is 86.1. The number of amides is 12. The molecule has 11 fully saturated rings. The number of rotatable bonds is 10. The maximum Gasteiger partial charge on any atom is 0.394 e. The average Bonchev–Trinajstić information content (AvgIpc) is 1.36. The average molecular weight is 1540 g/mol. The Bertz CT molecular complexity index is 3230. The summed E-state index contributed by atoms with van der Waals surface area (Å²) in [5, 5.41) is 9.00. The maximum atomic E-state index is 15.9. The Balaban J connectivity index is 1.14. The van der Waals surface area contributed by atoms with E-state index in [2.05, 4.69) is 16.0 Å². The first-order chi connectivity index (χ1) is 51.9. The summed E-state index contributed by atoms with van der Waals surface area (Å²) >= 11 is 0. The number of piperidine rings is 1. The molecule has 109 heavy (non-hydrogen) atoms. The predicted octanol–water partition coefficient (Wildman–Crippen LogP) is 6.75. The van der Waals surface area contributed by atoms with Gasteiger partial charge in [0, 0.05) is 88.6 Å². The number of halogens is 3. The summed E-state index contributed by atoms with van der Waals surface area (Å²) in [4.78, 5) is 197. The zero-order chi connectivity index (χ0) is 79.2. The zero-order valence-electron chi connectivity index (χ0n) is 66.6. The molecule has 13 atom stereocenters. The Kier molecular flexibility index (Phi) is 30.8. The number of carbonyl (C=O) groups excluding carboxylic acids is 12. The van der Waals surface area contributed by atoms with Gasteiger partial charge < -0.3 is 69.5 Å². The summed E-state index contributed by atoms with van der Waals surface area (Å²) in [6.07, 6.45) is 10.8. The first-order valence-corrected chi connectivity index (χ1v) is 41.1. The number of carbonyl (C=O) groups is 12. The van der Waals surface area contributed by atoms with Crippen LogP contribution in [0, 0.1) is 35.5 Å². The van der Waals surface area contributed by atoms with Crippen molar-refractivity contribution in [2.24, 2.45) is 35.5 Å². The lowest BCUT2D eigenvalue weighted by molar-refractivity contribution is -0.215. The quantitative estimate of drug-likeness (QED) is 0.191. The fourth-order valence-corrected chi connectivity index (χ4v) is 19.0. The molecular weight excluding hydrogens is 1410 g/mol. The van der Waals surface area contributed by atoms with Crippen molar-refractivity contribution >= 4 is 70.9 Å². The molecule has 26 nitrogen and oxygen atoms in total. The fraction of sp³-hybridized carbons (Fsp3) is 0.825. The Hall–Kier alpha value is -6.91. The van der Waals surface area contributed by atoms with Gasteiger partial charge in [-0.15, -0.1) is 0 Å². The fourth-order valence-electron chi connectivity index (χ4n) is 19.0. The second-order valence-electron chi connectivity index (χ2n) is 33.5. The van der Waals surface area contributed by atoms with Crippen molar-refractivity contribution in [2.45, 2.75) is 292 Å². The van der Waals surface area contributed by atoms with E-state index < -0.39 is 180 Å². The Morgan fingerprint density at radius 3 is 1.87 bits per heavy atom. The van der Waals surface area contributed by atoms with Crippen molar-refractivity contribution in [3.05, 3.63) is 12.2 Å². The molecule has 29 heteroatoms. The number of alkyl halides is 3. The molecule has 1 spiro atoms. The molecule has 8 heterocycles. The van der Waals surface area contributed by atoms with Gasteiger partial charge in [-0.3, -0.25) is 57.5 Å². The second-order valence-corrected chi connectivity index (χ2v) is 33.5. The number of hydrogen-bond donors (Lipinski definition) is 3. The van der Waals surface area contributed by atoms with Crippen LogP contribution in [0.25, 0.3) is 0 Å². The number of hydrogen-bond acceptors (Lipinski definition) is 14. The van der Waals surface area contributed by atoms with Crippen molar-refractivity contribution in [2.75, 3.05) is 95.3 Å². The minimum absolute atomic E-state index is 0.0195. The molecule has 4 aliphatic carbocycles. The molecule has 3 unspecified atom stereocenters. The molecule has 6 bridgehead atoms. The summed E-state index contributed by atoms with van der Waals surface area (Å²) < 4.78 is 54.7. The number of nitrogens with zero attached hydrogens (tertiary/aromatic N) is 9. The summed E-state index contributed by atoms with van der Waals surface area (Å²) in [6.45, 7) is 5.23. The summed E-state index contributed by atoms with van der Waals surface area (Å²) in [7, 11) is 10.1. The smallest absolute Gasteiger partial charge is 0.381 e. The molecule has 12 aliphatic rings. The van der Waals surface area contributed by atoms with Gasteiger partial charge in [0.15, 0.2) is 0 Å². The van der Waals surface area contributed by atoms with Crippen LogP contribution in [0.15, 0.2) is 12.2 Å². The largest absolute Gasteiger partial charge is 0.394 e. The number of likely N-dealkylation sites (N-methyl/N-ethyl adjacent to an activating group) is 6. The van der Waals surface area contributed by atoms with Crippen molar-refractivity contribution in [1.82, 2.24) is 60.0 Å². The number of likely N-dealkylation sites (tertiary alicyclic amines) is 1. The lowest BCUT2D eigenvalue weighted by atomic mass is 9.74. The first-order valence-electron chi connectivity index (χ1n) is 41.1. The van der Waals surface area contributed by atoms with Crippen LogP contribution in [-0.4, -0.2) is 283 Å². The standard InChI is InChI=1S/C80H127F3N12O14/c1-11-51(3)68-76(105)88(5)50-67(98)90(7)60-30-19-15-24-43-94(75(60)104)63-44-53-33-31-52(32-34-53)26-17-13-14-18-29-59(70(99)85-68)89(6)66(97)47-62(74(103)93-41-22-16-23-42-93)91(8)77(106)69(55-27-20-21-28-55)92(9)78(107)79(39-25-40-79)86-71(100)61-46-56(109-12-2)48-95(61)72(101)58(84-65(96)49-87(4)73(63)102)38-36-54-35-37-57(80(81,82)83)64(45-54)108-10/h15,19,51-64,68-69H,11-14,16-18,20-50H2,1-10H3,(H,84,96)(H,85,99)(H,86,100)/b19-15-/t51-,52?,53?,54?,56+,57?,58-,59-,60-,61-,62-,63-,64?,68-,69-/m0/s1. The molecule has 8 aliphatic heterocycles. The van der Waals surface area contributed by atoms with E-state index in [9.17, 15) is 22.8 Å². The Morgan fingerprint density at radius 1 is 0.587 bits per heavy atom. The highest BCUT2D eigenvalue weighted by Gasteiger charge is 2.55. The van der Waals surface area contributed by atoms with Crippen LogP contribution < -0.4 is 16.0 Å². The van der Waals surface area contributed by atoms with Crippen molar-refractivity contribution in [3.8, 4) is 0 Å². The normalized spacial score (nSPS) is 32.7. The van der Waals surface area contributed by atoms with Crippen molar-refractivity contribution in [3.63, 3.8) is 0 Å². The third-order valence-corrected chi connectivity index (χ3v) is 26.3. The third kappa shape index (κ3) is 21.1. The predicted molar refractivity (Wildman–Crippen MR) is 401 cm³/mol. The molecule has 0 aromatic carbocycles. The molecule has 3 N–H and O–H groups in total. The van der Waals surface area contributed by atoms with Gasteiger partial charge >= 0.3 is 6.18 Å². The van der Waals surface area contributed by atoms with E-state index in [1.807, 2.05) is 19.1 Å². The van der Waals surface area contributed by atoms with Gasteiger partial charge in [0.2, 0.25) is 70.9 Å². The van der Waals surface area contributed by atoms with E-state index >= 15 is 47.9 Å². The zero-order valence-corrected chi connectivity index (χ0v) is 66.6. The van der Waals surface area contributed by atoms with E-state index in [1.54, 1.807) is 18.7 Å². The van der Waals surface area contributed by atoms with Crippen molar-refractivity contribution in [1.29, 1.82) is 0 Å². The lowest BCUT2D eigenvalue weighted by Crippen LogP contribution is -2.68. The number of nitrogens with one attached hydrogen (secondary N) is 3. The molecule has 0 radical (unpaired) electrons. The molecule has 4 saturated carbocycles. The molecule has 7 saturated heterocycles. The molecule has 0 aromatic heterocycles. The summed E-state index contributed by atoms with van der Waals surface area (Å²) in [5.74, 6) is -9.95. The highest BCUT2D eigenvalue weighted by atomic mass is 19.4. The van der Waals surface area contributed by atoms with Crippen LogP contribution in [0.2, 0.25) is 0 Å². The molecule has 12 rings (SSSR count). The van der Waals surface area contributed by atoms with Crippen LogP contribution in [-0.2, 0) is 67.0 Å². The second kappa shape index (κ2) is 39.0. The minimum atomic E-state index is -4.52. The molecule has 612 valence electrons. The van der Waals surface area contributed by atoms with Crippen LogP contribution >= 0.6 is 0 Å². The van der Waals surface area contributed by atoms with Gasteiger partial charge in [-0.1, -0.05) is 103 Å². The Labute approximate surface area is 643 Å². The summed E-state index contributed by atoms with van der Waals surface area (Å²) in [5.41, 5.74) is -1.57. The van der Waals surface area contributed by atoms with Gasteiger partial charge in [0.25, 0.3) is 0 Å². The highest BCUT2D eigenvalue weighted by molar-refractivity contribution is 6.01. The van der Waals surface area contributed by atoms with E-state index in [0.29, 0.717) is 76.8 Å². The van der Waals surface area contributed by atoms with Crippen LogP contribution in [0.4, 0.5) is 13.2 Å². The van der Waals surface area contributed by atoms with Gasteiger partial charge in [0.1, 0.15) is 53.9 Å². The van der Waals surface area contributed by atoms with Crippen LogP contribution in [0.1, 0.15) is 220 Å². The van der Waals surface area contributed by atoms with E-state index in [1.165, 1.54) is 88.6 Å². The maximum absolute atomic E-state index is 15.9. The molecule has 0 aromatic rings. The van der Waals surface area contributed by atoms with Gasteiger partial charge in [-0.2, -0.15) is 13.2 Å². The third-order valence-electron chi connectivity index (χ3n) is 26.3.